The lowest BCUT2D eigenvalue weighted by molar-refractivity contribution is -0.146. The van der Waals surface area contributed by atoms with E-state index in [1.807, 2.05) is 38.1 Å². The molecule has 2 amide bonds. The zero-order chi connectivity index (χ0) is 24.3. The number of amides is 2. The summed E-state index contributed by atoms with van der Waals surface area (Å²) < 4.78 is 5.59. The molecule has 2 aromatic carbocycles. The highest BCUT2D eigenvalue weighted by Crippen LogP contribution is 2.44. The SMILES string of the molecule is CC(C)(CNC(=O)OCC1c2ccccc2-c2ccccc21)CC(=O)N1CCC(C(=O)O)CC1. The Bertz CT molecular complexity index is 1030. The highest BCUT2D eigenvalue weighted by Gasteiger charge is 2.32. The van der Waals surface area contributed by atoms with Crippen LogP contribution in [0, 0.1) is 11.3 Å². The first-order valence-electron chi connectivity index (χ1n) is 11.8. The molecule has 2 aromatic rings. The quantitative estimate of drug-likeness (QED) is 0.638. The van der Waals surface area contributed by atoms with Crippen LogP contribution in [0.25, 0.3) is 11.1 Å². The Morgan fingerprint density at radius 2 is 1.56 bits per heavy atom. The Morgan fingerprint density at radius 3 is 2.12 bits per heavy atom. The van der Waals surface area contributed by atoms with Gasteiger partial charge in [-0.2, -0.15) is 0 Å². The Balaban J connectivity index is 1.26. The predicted octanol–water partition coefficient (Wildman–Crippen LogP) is 4.26. The number of nitrogens with one attached hydrogen (secondary N) is 1. The minimum atomic E-state index is -0.792. The molecule has 1 saturated heterocycles. The number of fused-ring (bicyclic) bond motifs is 3. The third-order valence-corrected chi connectivity index (χ3v) is 6.88. The number of aliphatic carboxylic acids is 1. The van der Waals surface area contributed by atoms with E-state index in [0.717, 1.165) is 11.1 Å². The number of benzene rings is 2. The number of rotatable bonds is 7. The number of alkyl carbamates (subject to hydrolysis) is 1. The van der Waals surface area contributed by atoms with Crippen LogP contribution in [-0.4, -0.2) is 54.2 Å². The number of carboxylic acid groups (broad SMARTS) is 1. The average molecular weight is 465 g/mol. The third kappa shape index (κ3) is 5.24. The van der Waals surface area contributed by atoms with Crippen LogP contribution in [0.1, 0.15) is 50.2 Å². The highest BCUT2D eigenvalue weighted by molar-refractivity contribution is 5.79. The molecule has 0 spiro atoms. The second-order valence-corrected chi connectivity index (χ2v) is 10.0. The van der Waals surface area contributed by atoms with Gasteiger partial charge < -0.3 is 20.1 Å². The number of carbonyl (C=O) groups is 3. The van der Waals surface area contributed by atoms with Gasteiger partial charge >= 0.3 is 12.1 Å². The van der Waals surface area contributed by atoms with Crippen molar-refractivity contribution in [3.63, 3.8) is 0 Å². The zero-order valence-electron chi connectivity index (χ0n) is 19.8. The first-order valence-corrected chi connectivity index (χ1v) is 11.8. The van der Waals surface area contributed by atoms with Crippen molar-refractivity contribution in [2.45, 2.75) is 39.0 Å². The van der Waals surface area contributed by atoms with Crippen molar-refractivity contribution < 1.29 is 24.2 Å². The first-order chi connectivity index (χ1) is 16.2. The van der Waals surface area contributed by atoms with Crippen LogP contribution >= 0.6 is 0 Å². The van der Waals surface area contributed by atoms with E-state index in [0.29, 0.717) is 32.5 Å². The number of ether oxygens (including phenoxy) is 1. The van der Waals surface area contributed by atoms with Crippen molar-refractivity contribution in [1.29, 1.82) is 0 Å². The maximum atomic E-state index is 12.7. The summed E-state index contributed by atoms with van der Waals surface area (Å²) in [5.74, 6) is -1.17. The van der Waals surface area contributed by atoms with Gasteiger partial charge in [0.15, 0.2) is 0 Å². The lowest BCUT2D eigenvalue weighted by atomic mass is 9.88. The van der Waals surface area contributed by atoms with Crippen LogP contribution in [0.4, 0.5) is 4.79 Å². The molecule has 2 N–H and O–H groups in total. The molecule has 1 aliphatic carbocycles. The molecule has 0 unspecified atom stereocenters. The largest absolute Gasteiger partial charge is 0.481 e. The van der Waals surface area contributed by atoms with Crippen molar-refractivity contribution in [3.05, 3.63) is 59.7 Å². The molecule has 0 aromatic heterocycles. The van der Waals surface area contributed by atoms with Gasteiger partial charge in [-0.3, -0.25) is 9.59 Å². The van der Waals surface area contributed by atoms with Crippen molar-refractivity contribution in [3.8, 4) is 11.1 Å². The van der Waals surface area contributed by atoms with Crippen molar-refractivity contribution in [1.82, 2.24) is 10.2 Å². The molecule has 180 valence electrons. The van der Waals surface area contributed by atoms with Crippen molar-refractivity contribution in [2.75, 3.05) is 26.2 Å². The Kier molecular flexibility index (Phi) is 6.91. The molecule has 0 atom stereocenters. The number of hydrogen-bond donors (Lipinski definition) is 2. The molecule has 34 heavy (non-hydrogen) atoms. The van der Waals surface area contributed by atoms with Gasteiger partial charge in [-0.1, -0.05) is 62.4 Å². The number of hydrogen-bond acceptors (Lipinski definition) is 4. The molecule has 1 aliphatic heterocycles. The molecule has 7 heteroatoms. The number of carbonyl (C=O) groups excluding carboxylic acids is 2. The molecule has 1 fully saturated rings. The monoisotopic (exact) mass is 464 g/mol. The maximum absolute atomic E-state index is 12.7. The predicted molar refractivity (Wildman–Crippen MR) is 128 cm³/mol. The molecule has 0 bridgehead atoms. The summed E-state index contributed by atoms with van der Waals surface area (Å²) in [6, 6.07) is 16.4. The normalized spacial score (nSPS) is 16.0. The molecule has 0 saturated carbocycles. The number of nitrogens with zero attached hydrogens (tertiary/aromatic N) is 1. The van der Waals surface area contributed by atoms with Gasteiger partial charge in [0, 0.05) is 32.0 Å². The van der Waals surface area contributed by atoms with Crippen LogP contribution in [0.5, 0.6) is 0 Å². The number of likely N-dealkylation sites (tertiary alicyclic amines) is 1. The third-order valence-electron chi connectivity index (χ3n) is 6.88. The summed E-state index contributed by atoms with van der Waals surface area (Å²) in [5.41, 5.74) is 4.23. The van der Waals surface area contributed by atoms with Crippen LogP contribution in [0.15, 0.2) is 48.5 Å². The fraction of sp³-hybridized carbons (Fsp3) is 0.444. The smallest absolute Gasteiger partial charge is 0.407 e. The maximum Gasteiger partial charge on any atom is 0.407 e. The van der Waals surface area contributed by atoms with Crippen molar-refractivity contribution >= 4 is 18.0 Å². The Labute approximate surface area is 200 Å². The van der Waals surface area contributed by atoms with Gasteiger partial charge in [0.25, 0.3) is 0 Å². The molecule has 0 radical (unpaired) electrons. The van der Waals surface area contributed by atoms with Crippen LogP contribution in [0.2, 0.25) is 0 Å². The standard InChI is InChI=1S/C27H32N2O5/c1-27(2,15-24(30)29-13-11-18(12-14-29)25(31)32)17-28-26(33)34-16-23-21-9-5-3-7-19(21)20-8-4-6-10-22(20)23/h3-10,18,23H,11-17H2,1-2H3,(H,28,33)(H,31,32). The minimum Gasteiger partial charge on any atom is -0.481 e. The Morgan fingerprint density at radius 1 is 1.00 bits per heavy atom. The van der Waals surface area contributed by atoms with Gasteiger partial charge in [-0.25, -0.2) is 4.79 Å². The van der Waals surface area contributed by atoms with E-state index in [2.05, 4.69) is 29.6 Å². The average Bonchev–Trinajstić information content (AvgIpc) is 3.15. The molecule has 1 heterocycles. The van der Waals surface area contributed by atoms with E-state index < -0.39 is 17.5 Å². The molecule has 2 aliphatic rings. The summed E-state index contributed by atoms with van der Waals surface area (Å²) in [6.07, 6.45) is 0.748. The Hall–Kier alpha value is -3.35. The van der Waals surface area contributed by atoms with Gasteiger partial charge in [0.05, 0.1) is 5.92 Å². The number of piperidine rings is 1. The number of carboxylic acids is 1. The van der Waals surface area contributed by atoms with Gasteiger partial charge in [0.1, 0.15) is 6.61 Å². The summed E-state index contributed by atoms with van der Waals surface area (Å²) in [7, 11) is 0. The minimum absolute atomic E-state index is 0.00136. The van der Waals surface area contributed by atoms with Crippen molar-refractivity contribution in [2.24, 2.45) is 11.3 Å². The van der Waals surface area contributed by atoms with E-state index >= 15 is 0 Å². The molecule has 7 nitrogen and oxygen atoms in total. The van der Waals surface area contributed by atoms with E-state index in [1.54, 1.807) is 4.90 Å². The van der Waals surface area contributed by atoms with Gasteiger partial charge in [0.2, 0.25) is 5.91 Å². The summed E-state index contributed by atoms with van der Waals surface area (Å²) in [6.45, 7) is 5.34. The van der Waals surface area contributed by atoms with E-state index in [-0.39, 0.29) is 30.8 Å². The van der Waals surface area contributed by atoms with Crippen LogP contribution in [0.3, 0.4) is 0 Å². The highest BCUT2D eigenvalue weighted by atomic mass is 16.5. The van der Waals surface area contributed by atoms with E-state index in [1.165, 1.54) is 11.1 Å². The molecular weight excluding hydrogens is 432 g/mol. The first kappa shape index (κ1) is 23.8. The zero-order valence-corrected chi connectivity index (χ0v) is 19.8. The van der Waals surface area contributed by atoms with Gasteiger partial charge in [-0.05, 0) is 40.5 Å². The van der Waals surface area contributed by atoms with Crippen LogP contribution in [-0.2, 0) is 14.3 Å². The summed E-state index contributed by atoms with van der Waals surface area (Å²) in [5, 5.41) is 11.9. The lowest BCUT2D eigenvalue weighted by Crippen LogP contribution is -2.43. The summed E-state index contributed by atoms with van der Waals surface area (Å²) >= 11 is 0. The molecular formula is C27H32N2O5. The fourth-order valence-corrected chi connectivity index (χ4v) is 4.92. The van der Waals surface area contributed by atoms with E-state index in [9.17, 15) is 14.4 Å². The molecule has 4 rings (SSSR count). The van der Waals surface area contributed by atoms with E-state index in [4.69, 9.17) is 9.84 Å². The second-order valence-electron chi connectivity index (χ2n) is 10.0. The summed E-state index contributed by atoms with van der Waals surface area (Å²) in [4.78, 5) is 38.0. The van der Waals surface area contributed by atoms with Crippen LogP contribution < -0.4 is 5.32 Å². The van der Waals surface area contributed by atoms with Gasteiger partial charge in [-0.15, -0.1) is 0 Å². The second kappa shape index (κ2) is 9.87. The topological polar surface area (TPSA) is 95.9 Å². The lowest BCUT2D eigenvalue weighted by Gasteiger charge is -2.33. The fourth-order valence-electron chi connectivity index (χ4n) is 4.92.